The Balaban J connectivity index is 1.89. The molecule has 3 nitrogen and oxygen atoms in total. The van der Waals surface area contributed by atoms with E-state index in [0.29, 0.717) is 16.0 Å². The Bertz CT molecular complexity index is 1060. The normalized spacial score (nSPS) is 11.0. The summed E-state index contributed by atoms with van der Waals surface area (Å²) >= 11 is 7.40. The lowest BCUT2D eigenvalue weighted by Crippen LogP contribution is -1.98. The molecule has 0 aliphatic heterocycles. The number of halogens is 3. The molecule has 0 aliphatic rings. The standard InChI is InChI=1S/C18H10ClF2N3S/c19-18-23-16(22-14-4-2-1-3-13(14)21)15-12(9-25-17(15)24-18)10-5-7-11(20)8-6-10/h1-9H,(H,22,23,24). The summed E-state index contributed by atoms with van der Waals surface area (Å²) in [6, 6.07) is 12.4. The highest BCUT2D eigenvalue weighted by atomic mass is 35.5. The first-order valence-corrected chi connectivity index (χ1v) is 8.60. The summed E-state index contributed by atoms with van der Waals surface area (Å²) < 4.78 is 27.2. The Morgan fingerprint density at radius 3 is 2.48 bits per heavy atom. The Hall–Kier alpha value is -2.57. The van der Waals surface area contributed by atoms with E-state index in [9.17, 15) is 8.78 Å². The van der Waals surface area contributed by atoms with Gasteiger partial charge in [-0.2, -0.15) is 4.98 Å². The number of thiophene rings is 1. The third kappa shape index (κ3) is 3.06. The van der Waals surface area contributed by atoms with Crippen LogP contribution in [0, 0.1) is 11.6 Å². The second-order valence-electron chi connectivity index (χ2n) is 5.28. The first kappa shape index (κ1) is 15.9. The predicted molar refractivity (Wildman–Crippen MR) is 97.5 cm³/mol. The Kier molecular flexibility index (Phi) is 4.07. The van der Waals surface area contributed by atoms with Gasteiger partial charge in [-0.25, -0.2) is 13.8 Å². The van der Waals surface area contributed by atoms with Crippen LogP contribution in [0.3, 0.4) is 0 Å². The molecule has 7 heteroatoms. The SMILES string of the molecule is Fc1ccc(-c2csc3nc(Cl)nc(Nc4ccccc4F)c23)cc1. The minimum atomic E-state index is -0.399. The van der Waals surface area contributed by atoms with Crippen molar-refractivity contribution in [2.75, 3.05) is 5.32 Å². The fourth-order valence-electron chi connectivity index (χ4n) is 2.54. The third-order valence-corrected chi connectivity index (χ3v) is 4.73. The van der Waals surface area contributed by atoms with Gasteiger partial charge in [0.05, 0.1) is 11.1 Å². The van der Waals surface area contributed by atoms with Crippen molar-refractivity contribution < 1.29 is 8.78 Å². The number of hydrogen-bond acceptors (Lipinski definition) is 4. The molecule has 2 heterocycles. The zero-order valence-electron chi connectivity index (χ0n) is 12.6. The van der Waals surface area contributed by atoms with Crippen molar-refractivity contribution in [3.8, 4) is 11.1 Å². The van der Waals surface area contributed by atoms with Crippen LogP contribution in [0.25, 0.3) is 21.3 Å². The largest absolute Gasteiger partial charge is 0.337 e. The fraction of sp³-hybridized carbons (Fsp3) is 0. The zero-order valence-corrected chi connectivity index (χ0v) is 14.2. The van der Waals surface area contributed by atoms with Gasteiger partial charge in [0.25, 0.3) is 0 Å². The molecule has 0 aliphatic carbocycles. The first-order chi connectivity index (χ1) is 12.1. The van der Waals surface area contributed by atoms with Gasteiger partial charge >= 0.3 is 0 Å². The first-order valence-electron chi connectivity index (χ1n) is 7.34. The van der Waals surface area contributed by atoms with Crippen molar-refractivity contribution in [2.45, 2.75) is 0 Å². The summed E-state index contributed by atoms with van der Waals surface area (Å²) in [5.41, 5.74) is 1.93. The van der Waals surface area contributed by atoms with E-state index in [2.05, 4.69) is 15.3 Å². The number of para-hydroxylation sites is 1. The highest BCUT2D eigenvalue weighted by Crippen LogP contribution is 2.38. The van der Waals surface area contributed by atoms with E-state index in [4.69, 9.17) is 11.6 Å². The number of nitrogens with one attached hydrogen (secondary N) is 1. The van der Waals surface area contributed by atoms with Crippen molar-refractivity contribution in [3.05, 3.63) is 70.8 Å². The second kappa shape index (κ2) is 6.38. The lowest BCUT2D eigenvalue weighted by atomic mass is 10.1. The number of fused-ring (bicyclic) bond motifs is 1. The summed E-state index contributed by atoms with van der Waals surface area (Å²) in [7, 11) is 0. The number of nitrogens with zero attached hydrogens (tertiary/aromatic N) is 2. The molecule has 0 unspecified atom stereocenters. The van der Waals surface area contributed by atoms with Gasteiger partial charge in [-0.15, -0.1) is 11.3 Å². The topological polar surface area (TPSA) is 37.8 Å². The third-order valence-electron chi connectivity index (χ3n) is 3.69. The maximum atomic E-state index is 14.0. The Labute approximate surface area is 150 Å². The van der Waals surface area contributed by atoms with E-state index in [-0.39, 0.29) is 16.8 Å². The quantitative estimate of drug-likeness (QED) is 0.445. The summed E-state index contributed by atoms with van der Waals surface area (Å²) in [6.45, 7) is 0. The predicted octanol–water partition coefficient (Wildman–Crippen LogP) is 6.03. The molecule has 2 aromatic heterocycles. The summed E-state index contributed by atoms with van der Waals surface area (Å²) in [5, 5.41) is 5.66. The van der Waals surface area contributed by atoms with Crippen molar-refractivity contribution in [1.82, 2.24) is 9.97 Å². The van der Waals surface area contributed by atoms with E-state index in [1.54, 1.807) is 30.3 Å². The highest BCUT2D eigenvalue weighted by Gasteiger charge is 2.16. The number of rotatable bonds is 3. The van der Waals surface area contributed by atoms with Crippen LogP contribution in [0.4, 0.5) is 20.3 Å². The number of anilines is 2. The maximum absolute atomic E-state index is 14.0. The van der Waals surface area contributed by atoms with Crippen molar-refractivity contribution in [1.29, 1.82) is 0 Å². The van der Waals surface area contributed by atoms with Crippen molar-refractivity contribution >= 4 is 44.7 Å². The van der Waals surface area contributed by atoms with E-state index >= 15 is 0 Å². The van der Waals surface area contributed by atoms with E-state index in [0.717, 1.165) is 11.1 Å². The zero-order chi connectivity index (χ0) is 17.4. The average Bonchev–Trinajstić information content (AvgIpc) is 3.01. The Morgan fingerprint density at radius 1 is 0.960 bits per heavy atom. The fourth-order valence-corrected chi connectivity index (χ4v) is 3.70. The van der Waals surface area contributed by atoms with Crippen LogP contribution in [-0.2, 0) is 0 Å². The lowest BCUT2D eigenvalue weighted by molar-refractivity contribution is 0.628. The van der Waals surface area contributed by atoms with E-state index in [1.807, 2.05) is 5.38 Å². The van der Waals surface area contributed by atoms with Gasteiger partial charge in [0.1, 0.15) is 22.3 Å². The molecule has 0 fully saturated rings. The van der Waals surface area contributed by atoms with Gasteiger partial charge in [0.15, 0.2) is 0 Å². The average molecular weight is 374 g/mol. The summed E-state index contributed by atoms with van der Waals surface area (Å²) in [5.74, 6) is -0.308. The van der Waals surface area contributed by atoms with Crippen molar-refractivity contribution in [3.63, 3.8) is 0 Å². The molecule has 0 saturated carbocycles. The molecular formula is C18H10ClF2N3S. The minimum absolute atomic E-state index is 0.0684. The molecule has 0 saturated heterocycles. The van der Waals surface area contributed by atoms with Crippen LogP contribution in [-0.4, -0.2) is 9.97 Å². The number of hydrogen-bond donors (Lipinski definition) is 1. The molecule has 4 rings (SSSR count). The monoisotopic (exact) mass is 373 g/mol. The highest BCUT2D eigenvalue weighted by molar-refractivity contribution is 7.17. The second-order valence-corrected chi connectivity index (χ2v) is 6.48. The van der Waals surface area contributed by atoms with Crippen molar-refractivity contribution in [2.24, 2.45) is 0 Å². The molecule has 0 amide bonds. The van der Waals surface area contributed by atoms with Crippen LogP contribution >= 0.6 is 22.9 Å². The molecule has 1 N–H and O–H groups in total. The number of aromatic nitrogens is 2. The Morgan fingerprint density at radius 2 is 1.72 bits per heavy atom. The molecule has 0 spiro atoms. The van der Waals surface area contributed by atoms with E-state index in [1.165, 1.54) is 29.5 Å². The molecule has 0 bridgehead atoms. The van der Waals surface area contributed by atoms with Gasteiger partial charge in [-0.05, 0) is 41.4 Å². The van der Waals surface area contributed by atoms with Crippen LogP contribution in [0.2, 0.25) is 5.28 Å². The maximum Gasteiger partial charge on any atom is 0.225 e. The molecule has 0 radical (unpaired) electrons. The smallest absolute Gasteiger partial charge is 0.225 e. The minimum Gasteiger partial charge on any atom is -0.337 e. The van der Waals surface area contributed by atoms with E-state index < -0.39 is 5.82 Å². The lowest BCUT2D eigenvalue weighted by Gasteiger charge is -2.10. The van der Waals surface area contributed by atoms with Crippen LogP contribution < -0.4 is 5.32 Å². The molecule has 0 atom stereocenters. The summed E-state index contributed by atoms with van der Waals surface area (Å²) in [6.07, 6.45) is 0. The van der Waals surface area contributed by atoms with Crippen LogP contribution in [0.1, 0.15) is 0 Å². The van der Waals surface area contributed by atoms with Crippen LogP contribution in [0.15, 0.2) is 53.9 Å². The molecular weight excluding hydrogens is 364 g/mol. The van der Waals surface area contributed by atoms with Gasteiger partial charge in [-0.3, -0.25) is 0 Å². The van der Waals surface area contributed by atoms with Crippen LogP contribution in [0.5, 0.6) is 0 Å². The molecule has 124 valence electrons. The number of benzene rings is 2. The molecule has 2 aromatic carbocycles. The van der Waals surface area contributed by atoms with Gasteiger partial charge < -0.3 is 5.32 Å². The van der Waals surface area contributed by atoms with Gasteiger partial charge in [0.2, 0.25) is 5.28 Å². The summed E-state index contributed by atoms with van der Waals surface area (Å²) in [4.78, 5) is 9.12. The van der Waals surface area contributed by atoms with Gasteiger partial charge in [-0.1, -0.05) is 24.3 Å². The molecule has 4 aromatic rings. The van der Waals surface area contributed by atoms with Gasteiger partial charge in [0, 0.05) is 10.9 Å². The molecule has 25 heavy (non-hydrogen) atoms.